The first-order valence-electron chi connectivity index (χ1n) is 2.47. The number of carbonyl (C=O) groups excluding carboxylic acids is 1. The van der Waals surface area contributed by atoms with Crippen LogP contribution < -0.4 is 0 Å². The van der Waals surface area contributed by atoms with Crippen LogP contribution in [0.1, 0.15) is 0 Å². The van der Waals surface area contributed by atoms with Crippen LogP contribution in [0.5, 0.6) is 0 Å². The molecular formula is C6H7NOS2. The van der Waals surface area contributed by atoms with Gasteiger partial charge in [-0.15, -0.1) is 23.5 Å². The number of hydrogen-bond acceptors (Lipinski definition) is 4. The maximum absolute atomic E-state index is 10.2. The first-order chi connectivity index (χ1) is 4.79. The summed E-state index contributed by atoms with van der Waals surface area (Å²) in [4.78, 5) is 10.2. The maximum atomic E-state index is 10.2. The minimum atomic E-state index is 0.222. The van der Waals surface area contributed by atoms with Crippen LogP contribution in [0.25, 0.3) is 0 Å². The van der Waals surface area contributed by atoms with E-state index < -0.39 is 0 Å². The van der Waals surface area contributed by atoms with E-state index in [9.17, 15) is 4.79 Å². The summed E-state index contributed by atoms with van der Waals surface area (Å²) < 4.78 is 0.775. The maximum Gasteiger partial charge on any atom is 0.162 e. The van der Waals surface area contributed by atoms with Crippen molar-refractivity contribution in [3.8, 4) is 6.07 Å². The molecule has 10 heavy (non-hydrogen) atoms. The number of carbonyl (C=O) groups is 1. The third-order valence-electron chi connectivity index (χ3n) is 0.829. The molecule has 54 valence electrons. The highest BCUT2D eigenvalue weighted by molar-refractivity contribution is 8.21. The summed E-state index contributed by atoms with van der Waals surface area (Å²) in [6.45, 7) is 0. The van der Waals surface area contributed by atoms with E-state index in [1.165, 1.54) is 23.5 Å². The van der Waals surface area contributed by atoms with Gasteiger partial charge in [-0.1, -0.05) is 0 Å². The SMILES string of the molecule is CSC(SC)=C(C#N)C=O. The molecule has 0 amide bonds. The van der Waals surface area contributed by atoms with Crippen LogP contribution in [0.2, 0.25) is 0 Å². The molecule has 0 aromatic rings. The molecule has 2 nitrogen and oxygen atoms in total. The Kier molecular flexibility index (Phi) is 5.17. The highest BCUT2D eigenvalue weighted by atomic mass is 32.2. The standard InChI is InChI=1S/C6H7NOS2/c1-9-6(10-2)5(3-7)4-8/h4H,1-2H3. The van der Waals surface area contributed by atoms with E-state index in [0.29, 0.717) is 6.29 Å². The van der Waals surface area contributed by atoms with Gasteiger partial charge in [-0.3, -0.25) is 4.79 Å². The lowest BCUT2D eigenvalue weighted by atomic mass is 10.4. The average Bonchev–Trinajstić information content (AvgIpc) is 2.00. The van der Waals surface area contributed by atoms with Crippen LogP contribution in [-0.4, -0.2) is 18.8 Å². The molecule has 0 saturated heterocycles. The highest BCUT2D eigenvalue weighted by Gasteiger charge is 2.01. The molecule has 4 heteroatoms. The Morgan fingerprint density at radius 3 is 2.10 bits per heavy atom. The minimum Gasteiger partial charge on any atom is -0.297 e. The Morgan fingerprint density at radius 2 is 2.00 bits per heavy atom. The van der Waals surface area contributed by atoms with E-state index in [2.05, 4.69) is 0 Å². The molecule has 0 heterocycles. The van der Waals surface area contributed by atoms with Crippen LogP contribution in [0, 0.1) is 11.3 Å². The van der Waals surface area contributed by atoms with Gasteiger partial charge in [0.1, 0.15) is 11.6 Å². The monoisotopic (exact) mass is 173 g/mol. The summed E-state index contributed by atoms with van der Waals surface area (Å²) in [7, 11) is 0. The molecule has 0 aliphatic rings. The van der Waals surface area contributed by atoms with Crippen LogP contribution in [0.3, 0.4) is 0 Å². The summed E-state index contributed by atoms with van der Waals surface area (Å²) in [5.41, 5.74) is 0.222. The smallest absolute Gasteiger partial charge is 0.162 e. The second-order valence-corrected chi connectivity index (χ2v) is 3.23. The molecule has 0 aromatic carbocycles. The molecule has 0 aromatic heterocycles. The highest BCUT2D eigenvalue weighted by Crippen LogP contribution is 2.25. The number of aldehydes is 1. The first kappa shape index (κ1) is 9.60. The lowest BCUT2D eigenvalue weighted by molar-refractivity contribution is -0.104. The molecule has 0 aliphatic carbocycles. The van der Waals surface area contributed by atoms with Crippen LogP contribution >= 0.6 is 23.5 Å². The molecule has 0 N–H and O–H groups in total. The lowest BCUT2D eigenvalue weighted by Crippen LogP contribution is -1.82. The van der Waals surface area contributed by atoms with E-state index in [-0.39, 0.29) is 5.57 Å². The second-order valence-electron chi connectivity index (χ2n) is 1.34. The van der Waals surface area contributed by atoms with Crippen LogP contribution in [0.4, 0.5) is 0 Å². The first-order valence-corrected chi connectivity index (χ1v) is 4.92. The van der Waals surface area contributed by atoms with Gasteiger partial charge in [-0.25, -0.2) is 0 Å². The van der Waals surface area contributed by atoms with Gasteiger partial charge >= 0.3 is 0 Å². The van der Waals surface area contributed by atoms with Gasteiger partial charge in [0.15, 0.2) is 6.29 Å². The molecule has 0 fully saturated rings. The molecule has 0 atom stereocenters. The molecule has 0 spiro atoms. The van der Waals surface area contributed by atoms with E-state index in [1.807, 2.05) is 18.6 Å². The molecule has 0 rings (SSSR count). The lowest BCUT2D eigenvalue weighted by Gasteiger charge is -1.96. The number of thioether (sulfide) groups is 2. The Hall–Kier alpha value is -0.400. The number of nitriles is 1. The Morgan fingerprint density at radius 1 is 1.50 bits per heavy atom. The van der Waals surface area contributed by atoms with Gasteiger partial charge < -0.3 is 0 Å². The quantitative estimate of drug-likeness (QED) is 0.369. The van der Waals surface area contributed by atoms with Gasteiger partial charge in [-0.2, -0.15) is 5.26 Å². The Bertz CT molecular complexity index is 186. The molecule has 0 bridgehead atoms. The van der Waals surface area contributed by atoms with Crippen molar-refractivity contribution in [2.24, 2.45) is 0 Å². The van der Waals surface area contributed by atoms with Crippen molar-refractivity contribution in [2.75, 3.05) is 12.5 Å². The molecular weight excluding hydrogens is 166 g/mol. The normalized spacial score (nSPS) is 8.10. The largest absolute Gasteiger partial charge is 0.297 e. The Balaban J connectivity index is 4.56. The second kappa shape index (κ2) is 5.39. The van der Waals surface area contributed by atoms with Crippen molar-refractivity contribution in [3.05, 3.63) is 9.81 Å². The fraction of sp³-hybridized carbons (Fsp3) is 0.333. The fourth-order valence-electron chi connectivity index (χ4n) is 0.423. The number of rotatable bonds is 3. The van der Waals surface area contributed by atoms with Crippen molar-refractivity contribution in [1.29, 1.82) is 5.26 Å². The van der Waals surface area contributed by atoms with E-state index in [1.54, 1.807) is 0 Å². The zero-order valence-electron chi connectivity index (χ0n) is 5.75. The fourth-order valence-corrected chi connectivity index (χ4v) is 1.72. The van der Waals surface area contributed by atoms with E-state index in [0.717, 1.165) is 4.24 Å². The number of allylic oxidation sites excluding steroid dienone is 1. The van der Waals surface area contributed by atoms with Gasteiger partial charge in [0.2, 0.25) is 0 Å². The third-order valence-corrected chi connectivity index (χ3v) is 3.01. The van der Waals surface area contributed by atoms with E-state index in [4.69, 9.17) is 5.26 Å². The van der Waals surface area contributed by atoms with Gasteiger partial charge in [0.25, 0.3) is 0 Å². The van der Waals surface area contributed by atoms with Crippen molar-refractivity contribution in [1.82, 2.24) is 0 Å². The van der Waals surface area contributed by atoms with Gasteiger partial charge in [0.05, 0.1) is 4.24 Å². The summed E-state index contributed by atoms with van der Waals surface area (Å²) in [6, 6.07) is 1.82. The zero-order chi connectivity index (χ0) is 7.98. The molecule has 0 aliphatic heterocycles. The van der Waals surface area contributed by atoms with Crippen molar-refractivity contribution >= 4 is 29.8 Å². The summed E-state index contributed by atoms with van der Waals surface area (Å²) in [6.07, 6.45) is 4.27. The number of nitrogens with zero attached hydrogens (tertiary/aromatic N) is 1. The average molecular weight is 173 g/mol. The van der Waals surface area contributed by atoms with Crippen molar-refractivity contribution < 1.29 is 4.79 Å². The molecule has 0 unspecified atom stereocenters. The molecule has 0 saturated carbocycles. The van der Waals surface area contributed by atoms with Gasteiger partial charge in [-0.05, 0) is 12.5 Å². The van der Waals surface area contributed by atoms with Crippen LogP contribution in [-0.2, 0) is 4.79 Å². The van der Waals surface area contributed by atoms with Crippen LogP contribution in [0.15, 0.2) is 9.81 Å². The summed E-state index contributed by atoms with van der Waals surface area (Å²) >= 11 is 2.83. The minimum absolute atomic E-state index is 0.222. The Labute approximate surface area is 68.7 Å². The molecule has 0 radical (unpaired) electrons. The summed E-state index contributed by atoms with van der Waals surface area (Å²) in [5.74, 6) is 0. The van der Waals surface area contributed by atoms with E-state index >= 15 is 0 Å². The summed E-state index contributed by atoms with van der Waals surface area (Å²) in [5, 5.41) is 8.39. The topological polar surface area (TPSA) is 40.9 Å². The predicted molar refractivity (Wildman–Crippen MR) is 45.7 cm³/mol. The van der Waals surface area contributed by atoms with Crippen molar-refractivity contribution in [2.45, 2.75) is 0 Å². The van der Waals surface area contributed by atoms with Crippen molar-refractivity contribution in [3.63, 3.8) is 0 Å². The number of hydrogen-bond donors (Lipinski definition) is 0. The zero-order valence-corrected chi connectivity index (χ0v) is 7.38. The third kappa shape index (κ3) is 2.46. The van der Waals surface area contributed by atoms with Gasteiger partial charge in [0, 0.05) is 0 Å². The predicted octanol–water partition coefficient (Wildman–Crippen LogP) is 1.65.